The van der Waals surface area contributed by atoms with Crippen molar-refractivity contribution in [1.82, 2.24) is 9.88 Å². The number of phenolic OH excluding ortho intramolecular Hbond substituents is 1. The van der Waals surface area contributed by atoms with Crippen LogP contribution in [0.4, 0.5) is 10.2 Å². The molecule has 0 fully saturated rings. The number of aromatic nitrogens is 1. The van der Waals surface area contributed by atoms with Crippen molar-refractivity contribution in [3.63, 3.8) is 0 Å². The van der Waals surface area contributed by atoms with Gasteiger partial charge in [-0.05, 0) is 12.1 Å². The summed E-state index contributed by atoms with van der Waals surface area (Å²) in [6.45, 7) is 0. The average Bonchev–Trinajstić information content (AvgIpc) is 2.68. The number of nitrogens with two attached hydrogens (primary N) is 1. The summed E-state index contributed by atoms with van der Waals surface area (Å²) >= 11 is 0. The number of carbonyl (C=O) groups is 2. The Balaban J connectivity index is 2.38. The minimum absolute atomic E-state index is 0.144. The number of phenols is 1. The Bertz CT molecular complexity index is 872. The predicted molar refractivity (Wildman–Crippen MR) is 69.9 cm³/mol. The van der Waals surface area contributed by atoms with E-state index in [-0.39, 0.29) is 22.6 Å². The SMILES string of the molecule is Nc1c2c(cc(=O)n1-c1cc(F)ccc1O)C(=O)NC2=O. The fourth-order valence-corrected chi connectivity index (χ4v) is 2.20. The van der Waals surface area contributed by atoms with Gasteiger partial charge in [0.05, 0.1) is 16.8 Å². The summed E-state index contributed by atoms with van der Waals surface area (Å²) in [5, 5.41) is 11.8. The number of carbonyl (C=O) groups excluding carboxylic acids is 2. The van der Waals surface area contributed by atoms with Crippen LogP contribution in [-0.2, 0) is 0 Å². The molecular weight excluding hydrogens is 281 g/mol. The van der Waals surface area contributed by atoms with Gasteiger partial charge >= 0.3 is 0 Å². The van der Waals surface area contributed by atoms with Gasteiger partial charge in [-0.2, -0.15) is 0 Å². The molecule has 0 unspecified atom stereocenters. The Hall–Kier alpha value is -3.16. The molecule has 0 bridgehead atoms. The van der Waals surface area contributed by atoms with Crippen molar-refractivity contribution in [3.8, 4) is 11.4 Å². The molecule has 3 rings (SSSR count). The number of hydrogen-bond acceptors (Lipinski definition) is 5. The zero-order chi connectivity index (χ0) is 15.3. The van der Waals surface area contributed by atoms with Crippen molar-refractivity contribution in [1.29, 1.82) is 0 Å². The molecule has 1 aliphatic rings. The van der Waals surface area contributed by atoms with Crippen molar-refractivity contribution in [2.45, 2.75) is 0 Å². The first-order valence-corrected chi connectivity index (χ1v) is 5.80. The first-order chi connectivity index (χ1) is 9.90. The zero-order valence-electron chi connectivity index (χ0n) is 10.4. The molecule has 2 aromatic rings. The molecule has 8 heteroatoms. The molecular formula is C13H8FN3O4. The van der Waals surface area contributed by atoms with Gasteiger partial charge in [-0.3, -0.25) is 24.3 Å². The van der Waals surface area contributed by atoms with E-state index in [2.05, 4.69) is 0 Å². The summed E-state index contributed by atoms with van der Waals surface area (Å²) in [4.78, 5) is 35.3. The van der Waals surface area contributed by atoms with Crippen LogP contribution in [0.5, 0.6) is 5.75 Å². The van der Waals surface area contributed by atoms with Gasteiger partial charge in [0.15, 0.2) is 0 Å². The quantitative estimate of drug-likeness (QED) is 0.646. The minimum atomic E-state index is -0.767. The maximum atomic E-state index is 13.3. The smallest absolute Gasteiger partial charge is 0.262 e. The molecule has 0 saturated carbocycles. The molecule has 1 aromatic heterocycles. The number of imide groups is 1. The Labute approximate surface area is 116 Å². The van der Waals surface area contributed by atoms with E-state index in [4.69, 9.17) is 5.73 Å². The second-order valence-electron chi connectivity index (χ2n) is 4.41. The Morgan fingerprint density at radius 1 is 1.14 bits per heavy atom. The number of nitrogens with zero attached hydrogens (tertiary/aromatic N) is 1. The van der Waals surface area contributed by atoms with Crippen LogP contribution >= 0.6 is 0 Å². The molecule has 4 N–H and O–H groups in total. The summed E-state index contributed by atoms with van der Waals surface area (Å²) < 4.78 is 14.1. The molecule has 0 aliphatic carbocycles. The number of pyridine rings is 1. The third-order valence-corrected chi connectivity index (χ3v) is 3.13. The first kappa shape index (κ1) is 12.9. The van der Waals surface area contributed by atoms with Crippen molar-refractivity contribution >= 4 is 17.6 Å². The van der Waals surface area contributed by atoms with Crippen molar-refractivity contribution < 1.29 is 19.1 Å². The van der Waals surface area contributed by atoms with Gasteiger partial charge in [-0.1, -0.05) is 0 Å². The lowest BCUT2D eigenvalue weighted by molar-refractivity contribution is 0.0880. The lowest BCUT2D eigenvalue weighted by Gasteiger charge is -2.13. The molecule has 106 valence electrons. The van der Waals surface area contributed by atoms with Crippen LogP contribution in [0.3, 0.4) is 0 Å². The number of rotatable bonds is 1. The van der Waals surface area contributed by atoms with Crippen LogP contribution < -0.4 is 16.6 Å². The Morgan fingerprint density at radius 3 is 2.57 bits per heavy atom. The standard InChI is InChI=1S/C13H8FN3O4/c14-5-1-2-8(18)7(3-5)17-9(19)4-6-10(11(17)15)13(21)16-12(6)20/h1-4,18H,15H2,(H,16,20,21). The van der Waals surface area contributed by atoms with Gasteiger partial charge in [0, 0.05) is 12.1 Å². The van der Waals surface area contributed by atoms with Gasteiger partial charge < -0.3 is 10.8 Å². The summed E-state index contributed by atoms with van der Waals surface area (Å²) in [6, 6.07) is 3.86. The van der Waals surface area contributed by atoms with E-state index in [0.717, 1.165) is 28.8 Å². The molecule has 0 saturated heterocycles. The highest BCUT2D eigenvalue weighted by Crippen LogP contribution is 2.27. The van der Waals surface area contributed by atoms with Crippen molar-refractivity contribution in [3.05, 3.63) is 51.6 Å². The van der Waals surface area contributed by atoms with Crippen molar-refractivity contribution in [2.75, 3.05) is 5.73 Å². The predicted octanol–water partition coefficient (Wildman–Crippen LogP) is 0.148. The van der Waals surface area contributed by atoms with Crippen molar-refractivity contribution in [2.24, 2.45) is 0 Å². The van der Waals surface area contributed by atoms with E-state index in [1.165, 1.54) is 0 Å². The summed E-state index contributed by atoms with van der Waals surface area (Å²) in [6.07, 6.45) is 0. The van der Waals surface area contributed by atoms with Gasteiger partial charge in [0.2, 0.25) is 0 Å². The normalized spacial score (nSPS) is 13.2. The summed E-state index contributed by atoms with van der Waals surface area (Å²) in [7, 11) is 0. The number of halogens is 1. The topological polar surface area (TPSA) is 114 Å². The number of hydrogen-bond donors (Lipinski definition) is 3. The maximum Gasteiger partial charge on any atom is 0.262 e. The fourth-order valence-electron chi connectivity index (χ4n) is 2.20. The van der Waals surface area contributed by atoms with E-state index >= 15 is 0 Å². The van der Waals surface area contributed by atoms with Gasteiger partial charge in [-0.15, -0.1) is 0 Å². The number of anilines is 1. The Kier molecular flexibility index (Phi) is 2.55. The van der Waals surface area contributed by atoms with E-state index in [1.807, 2.05) is 5.32 Å². The largest absolute Gasteiger partial charge is 0.506 e. The van der Waals surface area contributed by atoms with Gasteiger partial charge in [0.1, 0.15) is 17.4 Å². The molecule has 0 atom stereocenters. The number of fused-ring (bicyclic) bond motifs is 1. The zero-order valence-corrected chi connectivity index (χ0v) is 10.4. The number of amides is 2. The van der Waals surface area contributed by atoms with E-state index in [0.29, 0.717) is 0 Å². The van der Waals surface area contributed by atoms with Crippen LogP contribution in [0.15, 0.2) is 29.1 Å². The summed E-state index contributed by atoms with van der Waals surface area (Å²) in [5.74, 6) is -2.92. The van der Waals surface area contributed by atoms with E-state index in [9.17, 15) is 23.9 Å². The van der Waals surface area contributed by atoms with Gasteiger partial charge in [0.25, 0.3) is 17.4 Å². The third kappa shape index (κ3) is 1.76. The second kappa shape index (κ2) is 4.17. The number of benzene rings is 1. The lowest BCUT2D eigenvalue weighted by Crippen LogP contribution is -2.24. The molecule has 2 amide bonds. The second-order valence-corrected chi connectivity index (χ2v) is 4.41. The molecule has 0 radical (unpaired) electrons. The maximum absolute atomic E-state index is 13.3. The highest BCUT2D eigenvalue weighted by Gasteiger charge is 2.32. The summed E-state index contributed by atoms with van der Waals surface area (Å²) in [5.41, 5.74) is 4.45. The third-order valence-electron chi connectivity index (χ3n) is 3.13. The molecule has 7 nitrogen and oxygen atoms in total. The minimum Gasteiger partial charge on any atom is -0.506 e. The number of nitrogen functional groups attached to an aromatic ring is 1. The highest BCUT2D eigenvalue weighted by molar-refractivity contribution is 6.23. The van der Waals surface area contributed by atoms with Crippen LogP contribution in [0.2, 0.25) is 0 Å². The van der Waals surface area contributed by atoms with Crippen LogP contribution in [0, 0.1) is 5.82 Å². The lowest BCUT2D eigenvalue weighted by atomic mass is 10.1. The number of aromatic hydroxyl groups is 1. The number of nitrogens with one attached hydrogen (secondary N) is 1. The monoisotopic (exact) mass is 289 g/mol. The molecule has 1 aliphatic heterocycles. The Morgan fingerprint density at radius 2 is 1.86 bits per heavy atom. The van der Waals surface area contributed by atoms with E-state index in [1.54, 1.807) is 0 Å². The average molecular weight is 289 g/mol. The highest BCUT2D eigenvalue weighted by atomic mass is 19.1. The fraction of sp³-hybridized carbons (Fsp3) is 0. The van der Waals surface area contributed by atoms with E-state index < -0.39 is 28.9 Å². The molecule has 1 aromatic carbocycles. The molecule has 0 spiro atoms. The molecule has 2 heterocycles. The first-order valence-electron chi connectivity index (χ1n) is 5.80. The van der Waals surface area contributed by atoms with Crippen LogP contribution in [-0.4, -0.2) is 21.5 Å². The van der Waals surface area contributed by atoms with Crippen LogP contribution in [0.1, 0.15) is 20.7 Å². The van der Waals surface area contributed by atoms with Gasteiger partial charge in [-0.25, -0.2) is 4.39 Å². The molecule has 21 heavy (non-hydrogen) atoms. The van der Waals surface area contributed by atoms with Crippen LogP contribution in [0.25, 0.3) is 5.69 Å².